The van der Waals surface area contributed by atoms with Gasteiger partial charge in [0.25, 0.3) is 0 Å². The maximum absolute atomic E-state index is 4.39. The van der Waals surface area contributed by atoms with E-state index in [0.717, 1.165) is 17.6 Å². The van der Waals surface area contributed by atoms with Crippen molar-refractivity contribution in [3.63, 3.8) is 0 Å². The SMILES string of the molecule is CCCC(Br)Cc1ncnc2ccccc12. The highest BCUT2D eigenvalue weighted by molar-refractivity contribution is 9.09. The molecule has 1 heterocycles. The molecule has 0 aliphatic rings. The second kappa shape index (κ2) is 5.39. The summed E-state index contributed by atoms with van der Waals surface area (Å²) in [4.78, 5) is 9.17. The summed E-state index contributed by atoms with van der Waals surface area (Å²) in [5.41, 5.74) is 2.17. The van der Waals surface area contributed by atoms with Gasteiger partial charge in [0, 0.05) is 16.6 Å². The van der Waals surface area contributed by atoms with Crippen LogP contribution in [0, 0.1) is 0 Å². The summed E-state index contributed by atoms with van der Waals surface area (Å²) in [6.45, 7) is 2.20. The number of hydrogen-bond acceptors (Lipinski definition) is 2. The Labute approximate surface area is 104 Å². The van der Waals surface area contributed by atoms with Crippen LogP contribution in [0.1, 0.15) is 25.5 Å². The Morgan fingerprint density at radius 3 is 2.88 bits per heavy atom. The van der Waals surface area contributed by atoms with Crippen molar-refractivity contribution in [2.75, 3.05) is 0 Å². The molecule has 2 aromatic rings. The second-order valence-corrected chi connectivity index (χ2v) is 5.22. The van der Waals surface area contributed by atoms with Gasteiger partial charge in [-0.3, -0.25) is 0 Å². The molecular weight excluding hydrogens is 264 g/mol. The number of nitrogens with zero attached hydrogens (tertiary/aromatic N) is 2. The van der Waals surface area contributed by atoms with E-state index in [1.54, 1.807) is 6.33 Å². The number of halogens is 1. The van der Waals surface area contributed by atoms with Gasteiger partial charge in [0.1, 0.15) is 6.33 Å². The lowest BCUT2D eigenvalue weighted by Crippen LogP contribution is -2.04. The van der Waals surface area contributed by atoms with Gasteiger partial charge in [-0.05, 0) is 12.5 Å². The molecule has 0 aliphatic carbocycles. The van der Waals surface area contributed by atoms with Crippen LogP contribution in [-0.2, 0) is 6.42 Å². The summed E-state index contributed by atoms with van der Waals surface area (Å²) in [6, 6.07) is 8.18. The van der Waals surface area contributed by atoms with E-state index in [-0.39, 0.29) is 0 Å². The molecule has 0 saturated heterocycles. The number of benzene rings is 1. The number of alkyl halides is 1. The molecule has 16 heavy (non-hydrogen) atoms. The predicted molar refractivity (Wildman–Crippen MR) is 70.9 cm³/mol. The first-order valence-corrected chi connectivity index (χ1v) is 6.55. The molecule has 2 rings (SSSR count). The minimum atomic E-state index is 0.510. The summed E-state index contributed by atoms with van der Waals surface area (Å²) in [7, 11) is 0. The van der Waals surface area contributed by atoms with Gasteiger partial charge >= 0.3 is 0 Å². The monoisotopic (exact) mass is 278 g/mol. The van der Waals surface area contributed by atoms with Gasteiger partial charge in [0.15, 0.2) is 0 Å². The lowest BCUT2D eigenvalue weighted by atomic mass is 10.1. The van der Waals surface area contributed by atoms with E-state index >= 15 is 0 Å². The Hall–Kier alpha value is -0.960. The average molecular weight is 279 g/mol. The largest absolute Gasteiger partial charge is 0.241 e. The molecule has 1 atom stereocenters. The molecule has 0 fully saturated rings. The zero-order valence-corrected chi connectivity index (χ0v) is 10.9. The van der Waals surface area contributed by atoms with E-state index in [1.165, 1.54) is 18.2 Å². The fourth-order valence-corrected chi connectivity index (χ4v) is 2.61. The first-order valence-electron chi connectivity index (χ1n) is 5.64. The first-order chi connectivity index (χ1) is 7.81. The van der Waals surface area contributed by atoms with E-state index in [0.29, 0.717) is 4.83 Å². The molecule has 0 radical (unpaired) electrons. The van der Waals surface area contributed by atoms with Crippen LogP contribution in [0.25, 0.3) is 10.9 Å². The highest BCUT2D eigenvalue weighted by Crippen LogP contribution is 2.19. The van der Waals surface area contributed by atoms with Crippen LogP contribution >= 0.6 is 15.9 Å². The summed E-state index contributed by atoms with van der Waals surface area (Å²) in [6.07, 6.45) is 5.00. The van der Waals surface area contributed by atoms with Crippen LogP contribution in [0.3, 0.4) is 0 Å². The van der Waals surface area contributed by atoms with Crippen molar-refractivity contribution in [3.8, 4) is 0 Å². The quantitative estimate of drug-likeness (QED) is 0.797. The highest BCUT2D eigenvalue weighted by Gasteiger charge is 2.08. The molecular formula is C13H15BrN2. The minimum Gasteiger partial charge on any atom is -0.241 e. The normalized spacial score (nSPS) is 12.9. The number of para-hydroxylation sites is 1. The van der Waals surface area contributed by atoms with Crippen LogP contribution < -0.4 is 0 Å². The molecule has 1 unspecified atom stereocenters. The van der Waals surface area contributed by atoms with Crippen molar-refractivity contribution in [2.45, 2.75) is 31.0 Å². The number of aromatic nitrogens is 2. The van der Waals surface area contributed by atoms with Crippen molar-refractivity contribution in [3.05, 3.63) is 36.3 Å². The zero-order chi connectivity index (χ0) is 11.4. The summed E-state index contributed by atoms with van der Waals surface area (Å²) in [5, 5.41) is 1.17. The van der Waals surface area contributed by atoms with Gasteiger partial charge in [0.05, 0.1) is 11.2 Å². The van der Waals surface area contributed by atoms with Crippen molar-refractivity contribution >= 4 is 26.8 Å². The molecule has 0 spiro atoms. The number of rotatable bonds is 4. The van der Waals surface area contributed by atoms with Gasteiger partial charge in [-0.2, -0.15) is 0 Å². The molecule has 0 saturated carbocycles. The Bertz CT molecular complexity index is 465. The van der Waals surface area contributed by atoms with E-state index < -0.39 is 0 Å². The van der Waals surface area contributed by atoms with Gasteiger partial charge in [-0.25, -0.2) is 9.97 Å². The Kier molecular flexibility index (Phi) is 3.88. The lowest BCUT2D eigenvalue weighted by molar-refractivity contribution is 0.736. The summed E-state index contributed by atoms with van der Waals surface area (Å²) >= 11 is 3.70. The van der Waals surface area contributed by atoms with Crippen LogP contribution in [-0.4, -0.2) is 14.8 Å². The lowest BCUT2D eigenvalue weighted by Gasteiger charge is -2.09. The Morgan fingerprint density at radius 2 is 2.06 bits per heavy atom. The van der Waals surface area contributed by atoms with Gasteiger partial charge < -0.3 is 0 Å². The van der Waals surface area contributed by atoms with E-state index in [9.17, 15) is 0 Å². The molecule has 3 heteroatoms. The molecule has 2 nitrogen and oxygen atoms in total. The Balaban J connectivity index is 2.30. The third-order valence-corrected chi connectivity index (χ3v) is 3.42. The second-order valence-electron chi connectivity index (χ2n) is 3.93. The summed E-state index contributed by atoms with van der Waals surface area (Å²) in [5.74, 6) is 0. The fourth-order valence-electron chi connectivity index (χ4n) is 1.85. The molecule has 0 N–H and O–H groups in total. The topological polar surface area (TPSA) is 25.8 Å². The average Bonchev–Trinajstić information content (AvgIpc) is 2.30. The molecule has 0 aliphatic heterocycles. The molecule has 0 bridgehead atoms. The summed E-state index contributed by atoms with van der Waals surface area (Å²) < 4.78 is 0. The van der Waals surface area contributed by atoms with Crippen LogP contribution in [0.4, 0.5) is 0 Å². The standard InChI is InChI=1S/C13H15BrN2/c1-2-5-10(14)8-13-11-6-3-4-7-12(11)15-9-16-13/h3-4,6-7,9-10H,2,5,8H2,1H3. The van der Waals surface area contributed by atoms with E-state index in [1.807, 2.05) is 18.2 Å². The van der Waals surface area contributed by atoms with Crippen LogP contribution in [0.2, 0.25) is 0 Å². The number of fused-ring (bicyclic) bond motifs is 1. The number of hydrogen-bond donors (Lipinski definition) is 0. The fraction of sp³-hybridized carbons (Fsp3) is 0.385. The molecule has 84 valence electrons. The maximum atomic E-state index is 4.39. The first kappa shape index (κ1) is 11.5. The molecule has 1 aromatic carbocycles. The molecule has 1 aromatic heterocycles. The van der Waals surface area contributed by atoms with Crippen molar-refractivity contribution in [1.29, 1.82) is 0 Å². The van der Waals surface area contributed by atoms with Crippen molar-refractivity contribution in [2.24, 2.45) is 0 Å². The van der Waals surface area contributed by atoms with E-state index in [2.05, 4.69) is 38.9 Å². The molecule has 0 amide bonds. The zero-order valence-electron chi connectivity index (χ0n) is 9.36. The van der Waals surface area contributed by atoms with Gasteiger partial charge in [0.2, 0.25) is 0 Å². The highest BCUT2D eigenvalue weighted by atomic mass is 79.9. The van der Waals surface area contributed by atoms with Crippen molar-refractivity contribution in [1.82, 2.24) is 9.97 Å². The minimum absolute atomic E-state index is 0.510. The predicted octanol–water partition coefficient (Wildman–Crippen LogP) is 3.74. The van der Waals surface area contributed by atoms with E-state index in [4.69, 9.17) is 0 Å². The smallest absolute Gasteiger partial charge is 0.116 e. The van der Waals surface area contributed by atoms with Crippen LogP contribution in [0.15, 0.2) is 30.6 Å². The van der Waals surface area contributed by atoms with Crippen LogP contribution in [0.5, 0.6) is 0 Å². The third kappa shape index (κ3) is 2.59. The maximum Gasteiger partial charge on any atom is 0.116 e. The van der Waals surface area contributed by atoms with Crippen molar-refractivity contribution < 1.29 is 0 Å². The van der Waals surface area contributed by atoms with Gasteiger partial charge in [-0.15, -0.1) is 0 Å². The third-order valence-electron chi connectivity index (χ3n) is 2.64. The van der Waals surface area contributed by atoms with Gasteiger partial charge in [-0.1, -0.05) is 47.5 Å². The Morgan fingerprint density at radius 1 is 1.25 bits per heavy atom.